The lowest BCUT2D eigenvalue weighted by Crippen LogP contribution is -2.51. The predicted molar refractivity (Wildman–Crippen MR) is 218 cm³/mol. The Morgan fingerprint density at radius 3 is 1.98 bits per heavy atom. The zero-order valence-corrected chi connectivity index (χ0v) is 34.9. The van der Waals surface area contributed by atoms with E-state index < -0.39 is 24.3 Å². The van der Waals surface area contributed by atoms with Gasteiger partial charge in [0, 0.05) is 43.2 Å². The molecule has 3 saturated heterocycles. The highest BCUT2D eigenvalue weighted by molar-refractivity contribution is 5.87. The third kappa shape index (κ3) is 8.18. The fourth-order valence-electron chi connectivity index (χ4n) is 10.4. The second-order valence-electron chi connectivity index (χ2n) is 17.8. The first-order valence-electron chi connectivity index (χ1n) is 21.7. The Bertz CT molecular complexity index is 1960. The van der Waals surface area contributed by atoms with Crippen LogP contribution in [0, 0.1) is 5.92 Å². The number of amides is 4. The van der Waals surface area contributed by atoms with E-state index in [1.165, 1.54) is 18.4 Å². The van der Waals surface area contributed by atoms with Crippen molar-refractivity contribution in [1.82, 2.24) is 40.4 Å². The molecule has 3 aromatic rings. The fourth-order valence-corrected chi connectivity index (χ4v) is 10.4. The molecule has 6 aliphatic rings. The molecule has 3 saturated carbocycles. The van der Waals surface area contributed by atoms with E-state index in [-0.39, 0.29) is 46.7 Å². The number of rotatable bonds is 11. The monoisotopic (exact) mass is 812 g/mol. The molecular formula is C44H60N8O7. The standard InChI is InChI=1S/C44H60N8O7/c1-27(2)36(50-42(56)59-31-13-23-58-24-14-31)40(54)52-22-6-7-33(52)37-45-25-32(48-37)29-9-11-30(12-10-29)43-15-18-44(19-16-43,20-17-43)35-26-46-38(49-35)34-8-5-21-51(34)39(53)28(3)47-41(55)57-4/h9-12,25-28,31,33-34,36H,5-8,13-24H2,1-4H3,(H,45,48)(H,46,49)(H,47,55)(H,50,56)/t28?,33-,34-,36-,43?,44?/m0/s1. The number of ether oxygens (including phenoxy) is 3. The van der Waals surface area contributed by atoms with Gasteiger partial charge in [-0.3, -0.25) is 9.59 Å². The van der Waals surface area contributed by atoms with E-state index >= 15 is 0 Å². The van der Waals surface area contributed by atoms with E-state index in [1.54, 1.807) is 6.92 Å². The molecular weight excluding hydrogens is 753 g/mol. The van der Waals surface area contributed by atoms with Crippen LogP contribution in [0.2, 0.25) is 0 Å². The Morgan fingerprint density at radius 2 is 1.36 bits per heavy atom. The second-order valence-corrected chi connectivity index (χ2v) is 17.8. The molecule has 5 heterocycles. The maximum absolute atomic E-state index is 13.9. The van der Waals surface area contributed by atoms with Gasteiger partial charge in [-0.05, 0) is 93.6 Å². The molecule has 0 spiro atoms. The lowest BCUT2D eigenvalue weighted by Gasteiger charge is -2.53. The van der Waals surface area contributed by atoms with Gasteiger partial charge in [0.15, 0.2) is 0 Å². The molecule has 15 heteroatoms. The Labute approximate surface area is 346 Å². The van der Waals surface area contributed by atoms with Crippen molar-refractivity contribution in [1.29, 1.82) is 0 Å². The van der Waals surface area contributed by atoms with Crippen LogP contribution in [0.5, 0.6) is 0 Å². The molecule has 0 radical (unpaired) electrons. The summed E-state index contributed by atoms with van der Waals surface area (Å²) in [7, 11) is 1.29. The van der Waals surface area contributed by atoms with E-state index in [9.17, 15) is 19.2 Å². The summed E-state index contributed by atoms with van der Waals surface area (Å²) in [6.45, 7) is 7.95. The number of nitrogens with one attached hydrogen (secondary N) is 4. The highest BCUT2D eigenvalue weighted by Crippen LogP contribution is 2.58. The number of methoxy groups -OCH3 is 1. The van der Waals surface area contributed by atoms with Gasteiger partial charge in [0.1, 0.15) is 29.8 Å². The fraction of sp³-hybridized carbons (Fsp3) is 0.636. The molecule has 2 aromatic heterocycles. The van der Waals surface area contributed by atoms with Gasteiger partial charge < -0.3 is 44.6 Å². The Hall–Kier alpha value is -4.92. The number of H-pyrrole nitrogens is 2. The summed E-state index contributed by atoms with van der Waals surface area (Å²) in [5.74, 6) is 1.24. The van der Waals surface area contributed by atoms with Gasteiger partial charge in [-0.15, -0.1) is 0 Å². The molecule has 1 aromatic carbocycles. The van der Waals surface area contributed by atoms with Crippen LogP contribution in [0.3, 0.4) is 0 Å². The number of imidazole rings is 2. The zero-order valence-electron chi connectivity index (χ0n) is 34.9. The topological polar surface area (TPSA) is 184 Å². The third-order valence-electron chi connectivity index (χ3n) is 14.1. The Kier molecular flexibility index (Phi) is 11.8. The van der Waals surface area contributed by atoms with Crippen molar-refractivity contribution in [2.24, 2.45) is 5.92 Å². The normalized spacial score (nSPS) is 26.8. The number of benzene rings is 1. The largest absolute Gasteiger partial charge is 0.453 e. The van der Waals surface area contributed by atoms with E-state index in [0.29, 0.717) is 39.1 Å². The van der Waals surface area contributed by atoms with Gasteiger partial charge in [-0.1, -0.05) is 38.1 Å². The molecule has 15 nitrogen and oxygen atoms in total. The Balaban J connectivity index is 0.884. The number of nitrogens with zero attached hydrogens (tertiary/aromatic N) is 4. The molecule has 3 aliphatic heterocycles. The van der Waals surface area contributed by atoms with Gasteiger partial charge in [-0.2, -0.15) is 0 Å². The smallest absolute Gasteiger partial charge is 0.408 e. The predicted octanol–water partition coefficient (Wildman–Crippen LogP) is 6.34. The van der Waals surface area contributed by atoms with Crippen LogP contribution >= 0.6 is 0 Å². The third-order valence-corrected chi connectivity index (χ3v) is 14.1. The van der Waals surface area contributed by atoms with Crippen molar-refractivity contribution in [2.75, 3.05) is 33.4 Å². The maximum Gasteiger partial charge on any atom is 0.408 e. The van der Waals surface area contributed by atoms with Gasteiger partial charge in [0.25, 0.3) is 0 Å². The lowest BCUT2D eigenvalue weighted by atomic mass is 9.51. The summed E-state index contributed by atoms with van der Waals surface area (Å²) in [5, 5.41) is 5.47. The highest BCUT2D eigenvalue weighted by Gasteiger charge is 2.51. The van der Waals surface area contributed by atoms with Crippen molar-refractivity contribution in [3.05, 3.63) is 59.6 Å². The molecule has 1 unspecified atom stereocenters. The number of alkyl carbamates (subject to hydrolysis) is 2. The van der Waals surface area contributed by atoms with Gasteiger partial charge >= 0.3 is 12.2 Å². The van der Waals surface area contributed by atoms with Crippen LogP contribution in [0.15, 0.2) is 36.7 Å². The molecule has 2 bridgehead atoms. The zero-order chi connectivity index (χ0) is 41.3. The lowest BCUT2D eigenvalue weighted by molar-refractivity contribution is -0.135. The van der Waals surface area contributed by atoms with Crippen molar-refractivity contribution in [3.8, 4) is 11.3 Å². The number of carbonyl (C=O) groups is 4. The molecule has 4 atom stereocenters. The average Bonchev–Trinajstić information content (AvgIpc) is 4.10. The van der Waals surface area contributed by atoms with Crippen LogP contribution in [-0.2, 0) is 34.6 Å². The average molecular weight is 813 g/mol. The van der Waals surface area contributed by atoms with Crippen LogP contribution in [0.25, 0.3) is 11.3 Å². The summed E-state index contributed by atoms with van der Waals surface area (Å²) in [4.78, 5) is 72.3. The van der Waals surface area contributed by atoms with E-state index in [2.05, 4.69) is 44.9 Å². The van der Waals surface area contributed by atoms with Crippen LogP contribution in [0.4, 0.5) is 9.59 Å². The van der Waals surface area contributed by atoms with E-state index in [0.717, 1.165) is 87.1 Å². The highest BCUT2D eigenvalue weighted by atomic mass is 16.6. The minimum atomic E-state index is -0.695. The maximum atomic E-state index is 13.9. The molecule has 318 valence electrons. The number of hydrogen-bond donors (Lipinski definition) is 4. The molecule has 3 aliphatic carbocycles. The van der Waals surface area contributed by atoms with Crippen LogP contribution < -0.4 is 10.6 Å². The number of aromatic amines is 2. The number of fused-ring (bicyclic) bond motifs is 3. The molecule has 4 N–H and O–H groups in total. The summed E-state index contributed by atoms with van der Waals surface area (Å²) in [5.41, 5.74) is 4.73. The summed E-state index contributed by atoms with van der Waals surface area (Å²) in [6, 6.07) is 7.25. The minimum absolute atomic E-state index is 0.0568. The molecule has 4 amide bonds. The second kappa shape index (κ2) is 17.0. The number of carbonyl (C=O) groups excluding carboxylic acids is 4. The summed E-state index contributed by atoms with van der Waals surface area (Å²) in [6.07, 6.45) is 13.7. The van der Waals surface area contributed by atoms with Crippen LogP contribution in [0.1, 0.15) is 133 Å². The van der Waals surface area contributed by atoms with Crippen molar-refractivity contribution < 1.29 is 33.4 Å². The van der Waals surface area contributed by atoms with Gasteiger partial charge in [0.2, 0.25) is 11.8 Å². The van der Waals surface area contributed by atoms with Crippen molar-refractivity contribution >= 4 is 24.0 Å². The summed E-state index contributed by atoms with van der Waals surface area (Å²) >= 11 is 0. The molecule has 6 fully saturated rings. The van der Waals surface area contributed by atoms with E-state index in [1.807, 2.05) is 36.0 Å². The quantitative estimate of drug-likeness (QED) is 0.172. The number of likely N-dealkylation sites (tertiary alicyclic amines) is 2. The van der Waals surface area contributed by atoms with Crippen molar-refractivity contribution in [2.45, 2.75) is 139 Å². The Morgan fingerprint density at radius 1 is 0.763 bits per heavy atom. The number of aromatic nitrogens is 4. The van der Waals surface area contributed by atoms with Gasteiger partial charge in [0.05, 0.1) is 44.3 Å². The SMILES string of the molecule is COC(=O)NC(C)C(=O)N1CCC[C@H]1c1ncc(C23CCC(c4ccc(-c5cnc([C@@H]6CCCN6C(=O)[C@@H](NC(=O)OC6CCOCC6)C(C)C)[nH]5)cc4)(CC2)CC3)[nH]1. The minimum Gasteiger partial charge on any atom is -0.453 e. The first-order valence-corrected chi connectivity index (χ1v) is 21.7. The van der Waals surface area contributed by atoms with Crippen LogP contribution in [-0.4, -0.2) is 105 Å². The van der Waals surface area contributed by atoms with E-state index in [4.69, 9.17) is 24.2 Å². The van der Waals surface area contributed by atoms with Gasteiger partial charge in [-0.25, -0.2) is 19.6 Å². The number of hydrogen-bond acceptors (Lipinski definition) is 9. The summed E-state index contributed by atoms with van der Waals surface area (Å²) < 4.78 is 15.7. The first-order chi connectivity index (χ1) is 28.5. The van der Waals surface area contributed by atoms with Crippen molar-refractivity contribution in [3.63, 3.8) is 0 Å². The molecule has 9 rings (SSSR count). The molecule has 59 heavy (non-hydrogen) atoms. The first kappa shape index (κ1) is 40.8.